The van der Waals surface area contributed by atoms with E-state index in [-0.39, 0.29) is 35.2 Å². The van der Waals surface area contributed by atoms with E-state index in [0.29, 0.717) is 0 Å². The Morgan fingerprint density at radius 3 is 1.69 bits per heavy atom. The van der Waals surface area contributed by atoms with Crippen molar-refractivity contribution in [1.29, 1.82) is 0 Å². The van der Waals surface area contributed by atoms with Gasteiger partial charge in [0.15, 0.2) is 11.6 Å². The highest BCUT2D eigenvalue weighted by atomic mass is 32.3. The van der Waals surface area contributed by atoms with E-state index in [1.54, 1.807) is 23.5 Å². The van der Waals surface area contributed by atoms with Crippen LogP contribution >= 0.6 is 70.6 Å². The Kier molecular flexibility index (Phi) is 6.40. The third-order valence-electron chi connectivity index (χ3n) is 5.69. The molecule has 154 valence electrons. The van der Waals surface area contributed by atoms with E-state index in [4.69, 9.17) is 0 Å². The monoisotopic (exact) mass is 498 g/mol. The first-order valence-corrected chi connectivity index (χ1v) is 15.3. The highest BCUT2D eigenvalue weighted by Crippen LogP contribution is 2.66. The molecule has 1 saturated carbocycles. The number of Topliss-reactive ketones (excluding diaryl/α,β-unsaturated/α-hetero) is 2. The fraction of sp³-hybridized carbons (Fsp3) is 0.524. The zero-order valence-corrected chi connectivity index (χ0v) is 21.2. The van der Waals surface area contributed by atoms with Gasteiger partial charge in [-0.15, -0.1) is 23.5 Å². The Balaban J connectivity index is 1.37. The van der Waals surface area contributed by atoms with Crippen molar-refractivity contribution in [3.8, 4) is 0 Å². The Bertz CT molecular complexity index is 833. The summed E-state index contributed by atoms with van der Waals surface area (Å²) in [6.45, 7) is 4.44. The van der Waals surface area contributed by atoms with Gasteiger partial charge < -0.3 is 0 Å². The number of fused-ring (bicyclic) bond motifs is 5. The van der Waals surface area contributed by atoms with Gasteiger partial charge >= 0.3 is 0 Å². The predicted molar refractivity (Wildman–Crippen MR) is 135 cm³/mol. The summed E-state index contributed by atoms with van der Waals surface area (Å²) in [5.74, 6) is 3.10. The van der Waals surface area contributed by atoms with Crippen LogP contribution in [0.2, 0.25) is 0 Å². The Morgan fingerprint density at radius 1 is 0.793 bits per heavy atom. The Morgan fingerprint density at radius 2 is 1.24 bits per heavy atom. The second kappa shape index (κ2) is 8.74. The molecule has 29 heavy (non-hydrogen) atoms. The zero-order chi connectivity index (χ0) is 20.1. The van der Waals surface area contributed by atoms with E-state index in [9.17, 15) is 9.59 Å². The minimum Gasteiger partial charge on any atom is -0.293 e. The van der Waals surface area contributed by atoms with E-state index < -0.39 is 0 Å². The second-order valence-corrected chi connectivity index (χ2v) is 15.0. The number of hydrogen-bond donors (Lipinski definition) is 0. The number of thioether (sulfide) groups is 6. The third-order valence-corrected chi connectivity index (χ3v) is 14.8. The summed E-state index contributed by atoms with van der Waals surface area (Å²) in [7, 11) is 0. The van der Waals surface area contributed by atoms with Crippen LogP contribution in [0.15, 0.2) is 38.9 Å². The predicted octanol–water partition coefficient (Wildman–Crippen LogP) is 7.29. The summed E-state index contributed by atoms with van der Waals surface area (Å²) in [6, 6.07) is 0. The van der Waals surface area contributed by atoms with Crippen molar-refractivity contribution in [1.82, 2.24) is 0 Å². The molecule has 5 rings (SSSR count). The number of hydrogen-bond acceptors (Lipinski definition) is 8. The maximum atomic E-state index is 13.3. The molecule has 0 amide bonds. The lowest BCUT2D eigenvalue weighted by Gasteiger charge is -2.29. The van der Waals surface area contributed by atoms with E-state index >= 15 is 0 Å². The first-order valence-electron chi connectivity index (χ1n) is 10.1. The number of ketones is 2. The molecule has 0 N–H and O–H groups in total. The van der Waals surface area contributed by atoms with Crippen LogP contribution in [-0.4, -0.2) is 23.1 Å². The molecule has 1 fully saturated rings. The molecule has 0 saturated heterocycles. The topological polar surface area (TPSA) is 34.1 Å². The number of carbonyl (C=O) groups excluding carboxylic acids is 2. The molecule has 3 aliphatic carbocycles. The SMILES string of the molecule is CCCSC1=C(SCCC)SC(=C2SC3=C(S2)C(=O)C2C(C3=O)[C@@H]3C=C[C@H]2C3)S1. The first-order chi connectivity index (χ1) is 14.1. The van der Waals surface area contributed by atoms with E-state index in [1.807, 2.05) is 47.0 Å². The van der Waals surface area contributed by atoms with Gasteiger partial charge in [-0.05, 0) is 42.6 Å². The Hall–Kier alpha value is 0.400. The number of carbonyl (C=O) groups is 2. The molecule has 2 unspecified atom stereocenters. The van der Waals surface area contributed by atoms with Crippen molar-refractivity contribution in [2.24, 2.45) is 23.7 Å². The molecular formula is C21H22O2S6. The molecule has 5 aliphatic rings. The second-order valence-electron chi connectivity index (χ2n) is 7.64. The van der Waals surface area contributed by atoms with Crippen molar-refractivity contribution in [3.63, 3.8) is 0 Å². The minimum absolute atomic E-state index is 0.0953. The van der Waals surface area contributed by atoms with Gasteiger partial charge in [0, 0.05) is 11.8 Å². The fourth-order valence-electron chi connectivity index (χ4n) is 4.47. The van der Waals surface area contributed by atoms with Crippen LogP contribution in [0.5, 0.6) is 0 Å². The van der Waals surface area contributed by atoms with Crippen LogP contribution in [0, 0.1) is 23.7 Å². The number of allylic oxidation sites excluding steroid dienone is 4. The largest absolute Gasteiger partial charge is 0.293 e. The van der Waals surface area contributed by atoms with E-state index in [2.05, 4.69) is 26.0 Å². The molecule has 0 spiro atoms. The summed E-state index contributed by atoms with van der Waals surface area (Å²) < 4.78 is 5.22. The third kappa shape index (κ3) is 3.67. The van der Waals surface area contributed by atoms with Crippen LogP contribution in [0.1, 0.15) is 33.1 Å². The molecule has 0 aromatic rings. The molecule has 0 aromatic heterocycles. The maximum absolute atomic E-state index is 13.3. The van der Waals surface area contributed by atoms with Gasteiger partial charge in [0.05, 0.1) is 26.8 Å². The smallest absolute Gasteiger partial charge is 0.175 e. The normalized spacial score (nSPS) is 32.9. The summed E-state index contributed by atoms with van der Waals surface area (Å²) in [6.07, 6.45) is 7.67. The first kappa shape index (κ1) is 21.3. The summed E-state index contributed by atoms with van der Waals surface area (Å²) in [4.78, 5) is 28.0. The molecule has 2 heterocycles. The van der Waals surface area contributed by atoms with Crippen molar-refractivity contribution in [2.75, 3.05) is 11.5 Å². The molecular weight excluding hydrogens is 477 g/mol. The van der Waals surface area contributed by atoms with Crippen molar-refractivity contribution in [2.45, 2.75) is 33.1 Å². The highest BCUT2D eigenvalue weighted by Gasteiger charge is 2.57. The van der Waals surface area contributed by atoms with Gasteiger partial charge in [-0.3, -0.25) is 9.59 Å². The summed E-state index contributed by atoms with van der Waals surface area (Å²) >= 11 is 10.7. The lowest BCUT2D eigenvalue weighted by molar-refractivity contribution is -0.129. The van der Waals surface area contributed by atoms with Crippen LogP contribution < -0.4 is 0 Å². The summed E-state index contributed by atoms with van der Waals surface area (Å²) in [5, 5.41) is 0. The average molecular weight is 499 g/mol. The molecule has 0 aromatic carbocycles. The van der Waals surface area contributed by atoms with Gasteiger partial charge in [-0.25, -0.2) is 0 Å². The fourth-order valence-corrected chi connectivity index (χ4v) is 13.1. The van der Waals surface area contributed by atoms with Crippen molar-refractivity contribution in [3.05, 3.63) is 38.9 Å². The summed E-state index contributed by atoms with van der Waals surface area (Å²) in [5.41, 5.74) is 0. The average Bonchev–Trinajstić information content (AvgIpc) is 3.50. The van der Waals surface area contributed by atoms with Crippen molar-refractivity contribution < 1.29 is 9.59 Å². The lowest BCUT2D eigenvalue weighted by Crippen LogP contribution is -2.38. The Labute approximate surface area is 197 Å². The highest BCUT2D eigenvalue weighted by molar-refractivity contribution is 8.42. The van der Waals surface area contributed by atoms with Crippen molar-refractivity contribution >= 4 is 82.1 Å². The standard InChI is InChI=1S/C21H22O2S6/c1-3-7-24-18-19(25-8-4-2)29-21(28-18)20-26-16-14(22)12-10-5-6-11(9-10)13(12)15(23)17(16)27-20/h5-6,10-13H,3-4,7-9H2,1-2H3/t10-,11+,12?,13?. The van der Waals surface area contributed by atoms with Crippen LogP contribution in [0.25, 0.3) is 0 Å². The van der Waals surface area contributed by atoms with Gasteiger partial charge in [0.1, 0.15) is 0 Å². The quantitative estimate of drug-likeness (QED) is 0.353. The van der Waals surface area contributed by atoms with Gasteiger partial charge in [-0.1, -0.05) is 73.0 Å². The number of rotatable bonds is 6. The zero-order valence-electron chi connectivity index (χ0n) is 16.3. The maximum Gasteiger partial charge on any atom is 0.175 e. The molecule has 4 atom stereocenters. The molecule has 0 radical (unpaired) electrons. The van der Waals surface area contributed by atoms with Gasteiger partial charge in [0.25, 0.3) is 0 Å². The van der Waals surface area contributed by atoms with E-state index in [0.717, 1.165) is 32.0 Å². The minimum atomic E-state index is -0.0953. The molecule has 8 heteroatoms. The van der Waals surface area contributed by atoms with Crippen LogP contribution in [-0.2, 0) is 9.59 Å². The van der Waals surface area contributed by atoms with Gasteiger partial charge in [0.2, 0.25) is 0 Å². The van der Waals surface area contributed by atoms with Crippen LogP contribution in [0.4, 0.5) is 0 Å². The van der Waals surface area contributed by atoms with Crippen LogP contribution in [0.3, 0.4) is 0 Å². The molecule has 2 bridgehead atoms. The molecule has 2 nitrogen and oxygen atoms in total. The molecule has 2 aliphatic heterocycles. The van der Waals surface area contributed by atoms with Gasteiger partial charge in [-0.2, -0.15) is 0 Å². The van der Waals surface area contributed by atoms with E-state index in [1.165, 1.54) is 25.6 Å². The lowest BCUT2D eigenvalue weighted by atomic mass is 9.74.